The number of anilines is 6. The molecule has 12 aromatic rings. The van der Waals surface area contributed by atoms with E-state index in [-0.39, 0.29) is 0 Å². The van der Waals surface area contributed by atoms with Crippen molar-refractivity contribution in [3.63, 3.8) is 0 Å². The Morgan fingerprint density at radius 2 is 0.677 bits per heavy atom. The van der Waals surface area contributed by atoms with Crippen LogP contribution >= 0.6 is 0 Å². The van der Waals surface area contributed by atoms with Gasteiger partial charge in [0.2, 0.25) is 0 Å². The Bertz CT molecular complexity index is 3600. The molecule has 0 aliphatic carbocycles. The van der Waals surface area contributed by atoms with Crippen LogP contribution in [0.3, 0.4) is 0 Å². The summed E-state index contributed by atoms with van der Waals surface area (Å²) in [6.07, 6.45) is 0. The van der Waals surface area contributed by atoms with E-state index in [1.165, 1.54) is 21.9 Å². The van der Waals surface area contributed by atoms with Gasteiger partial charge in [-0.1, -0.05) is 140 Å². The fourth-order valence-electron chi connectivity index (χ4n) is 9.07. The first-order valence-corrected chi connectivity index (χ1v) is 21.0. The number of fused-ring (bicyclic) bond motifs is 7. The van der Waals surface area contributed by atoms with Gasteiger partial charge < -0.3 is 18.6 Å². The lowest BCUT2D eigenvalue weighted by Gasteiger charge is -2.28. The second kappa shape index (κ2) is 14.7. The summed E-state index contributed by atoms with van der Waals surface area (Å²) in [5, 5.41) is 6.79. The highest BCUT2D eigenvalue weighted by molar-refractivity contribution is 6.08. The van der Waals surface area contributed by atoms with Gasteiger partial charge in [0.05, 0.1) is 5.69 Å². The molecule has 0 N–H and O–H groups in total. The Balaban J connectivity index is 0.988. The van der Waals surface area contributed by atoms with Crippen LogP contribution in [-0.2, 0) is 0 Å². The normalized spacial score (nSPS) is 11.5. The van der Waals surface area contributed by atoms with Crippen LogP contribution in [0.5, 0.6) is 0 Å². The lowest BCUT2D eigenvalue weighted by atomic mass is 10.0. The maximum atomic E-state index is 6.43. The number of nitrogens with zero attached hydrogens (tertiary/aromatic N) is 2. The van der Waals surface area contributed by atoms with E-state index in [0.717, 1.165) is 89.1 Å². The highest BCUT2D eigenvalue weighted by atomic mass is 16.3. The zero-order valence-electron chi connectivity index (χ0n) is 33.7. The second-order valence-electron chi connectivity index (χ2n) is 15.7. The fourth-order valence-corrected chi connectivity index (χ4v) is 9.07. The molecule has 0 spiro atoms. The van der Waals surface area contributed by atoms with Crippen LogP contribution in [0.15, 0.2) is 239 Å². The van der Waals surface area contributed by atoms with Crippen molar-refractivity contribution in [2.45, 2.75) is 0 Å². The zero-order chi connectivity index (χ0) is 41.0. The molecule has 0 unspecified atom stereocenters. The average Bonchev–Trinajstić information content (AvgIpc) is 3.90. The molecule has 0 atom stereocenters. The smallest absolute Gasteiger partial charge is 0.137 e. The van der Waals surface area contributed by atoms with Crippen molar-refractivity contribution in [3.8, 4) is 22.3 Å². The average molecular weight is 795 g/mol. The Hall–Kier alpha value is -8.34. The Morgan fingerprint density at radius 1 is 0.242 bits per heavy atom. The van der Waals surface area contributed by atoms with E-state index in [0.29, 0.717) is 0 Å². The minimum absolute atomic E-state index is 0.854. The minimum Gasteiger partial charge on any atom is -0.456 e. The summed E-state index contributed by atoms with van der Waals surface area (Å²) in [6.45, 7) is 0. The van der Waals surface area contributed by atoms with Crippen molar-refractivity contribution in [2.75, 3.05) is 9.80 Å². The summed E-state index contributed by atoms with van der Waals surface area (Å²) in [5.74, 6) is 0. The molecule has 0 aliphatic heterocycles. The van der Waals surface area contributed by atoms with E-state index in [9.17, 15) is 0 Å². The molecule has 4 heteroatoms. The number of rotatable bonds is 8. The Kier molecular flexibility index (Phi) is 8.46. The van der Waals surface area contributed by atoms with Crippen LogP contribution in [0.4, 0.5) is 34.1 Å². The Labute approximate surface area is 358 Å². The highest BCUT2D eigenvalue weighted by Gasteiger charge is 2.20. The van der Waals surface area contributed by atoms with Gasteiger partial charge in [0.15, 0.2) is 0 Å². The summed E-state index contributed by atoms with van der Waals surface area (Å²) >= 11 is 0. The number of hydrogen-bond donors (Lipinski definition) is 0. The van der Waals surface area contributed by atoms with Gasteiger partial charge in [-0.05, 0) is 107 Å². The summed E-state index contributed by atoms with van der Waals surface area (Å²) in [5.41, 5.74) is 14.3. The maximum Gasteiger partial charge on any atom is 0.137 e. The number of hydrogen-bond acceptors (Lipinski definition) is 4. The van der Waals surface area contributed by atoms with E-state index in [4.69, 9.17) is 8.83 Å². The van der Waals surface area contributed by atoms with Crippen molar-refractivity contribution >= 4 is 88.8 Å². The summed E-state index contributed by atoms with van der Waals surface area (Å²) in [6, 6.07) is 81.7. The first-order chi connectivity index (χ1) is 30.7. The monoisotopic (exact) mass is 794 g/mol. The first kappa shape index (κ1) is 35.6. The predicted molar refractivity (Wildman–Crippen MR) is 259 cm³/mol. The molecule has 4 nitrogen and oxygen atoms in total. The SMILES string of the molecule is c1ccc(-c2ccc(N(c3cccc(-c4cccc(N(c5ccc6c(c5)oc5ccccc56)c5cccc6ccccc56)c4)c3)c3ccc4c(c3)oc3ccccc34)cc2)cc1. The molecule has 0 radical (unpaired) electrons. The van der Waals surface area contributed by atoms with E-state index in [1.807, 2.05) is 24.3 Å². The topological polar surface area (TPSA) is 32.8 Å². The van der Waals surface area contributed by atoms with E-state index in [2.05, 4.69) is 216 Å². The van der Waals surface area contributed by atoms with Gasteiger partial charge in [-0.3, -0.25) is 0 Å². The van der Waals surface area contributed by atoms with Gasteiger partial charge >= 0.3 is 0 Å². The molecule has 10 aromatic carbocycles. The third-order valence-electron chi connectivity index (χ3n) is 12.0. The molecule has 2 aromatic heterocycles. The van der Waals surface area contributed by atoms with Crippen molar-refractivity contribution in [3.05, 3.63) is 231 Å². The molecule has 12 rings (SSSR count). The second-order valence-corrected chi connectivity index (χ2v) is 15.7. The standard InChI is InChI=1S/C58H38N2O2/c1-2-13-39(14-3-1)40-27-29-44(30-28-40)59(47-31-33-52-50-22-6-8-25-55(50)61-57(52)37-47)45-19-10-17-42(35-45)43-18-11-20-46(36-43)60(54-24-12-16-41-15-4-5-21-49(41)54)48-32-34-53-51-23-7-9-26-56(51)62-58(53)38-48/h1-38H. The van der Waals surface area contributed by atoms with Gasteiger partial charge in [-0.15, -0.1) is 0 Å². The van der Waals surface area contributed by atoms with Crippen LogP contribution < -0.4 is 9.80 Å². The fraction of sp³-hybridized carbons (Fsp3) is 0. The van der Waals surface area contributed by atoms with Crippen LogP contribution in [0.2, 0.25) is 0 Å². The molecular formula is C58H38N2O2. The van der Waals surface area contributed by atoms with Crippen LogP contribution in [-0.4, -0.2) is 0 Å². The van der Waals surface area contributed by atoms with E-state index >= 15 is 0 Å². The van der Waals surface area contributed by atoms with Crippen molar-refractivity contribution < 1.29 is 8.83 Å². The zero-order valence-corrected chi connectivity index (χ0v) is 33.7. The maximum absolute atomic E-state index is 6.43. The highest BCUT2D eigenvalue weighted by Crippen LogP contribution is 2.44. The van der Waals surface area contributed by atoms with Gasteiger partial charge in [-0.2, -0.15) is 0 Å². The third-order valence-corrected chi connectivity index (χ3v) is 12.0. The van der Waals surface area contributed by atoms with E-state index in [1.54, 1.807) is 0 Å². The van der Waals surface area contributed by atoms with Gasteiger partial charge in [-0.25, -0.2) is 0 Å². The number of furan rings is 2. The number of para-hydroxylation sites is 2. The predicted octanol–water partition coefficient (Wildman–Crippen LogP) is 16.9. The lowest BCUT2D eigenvalue weighted by Crippen LogP contribution is -2.11. The first-order valence-electron chi connectivity index (χ1n) is 21.0. The van der Waals surface area contributed by atoms with E-state index < -0.39 is 0 Å². The van der Waals surface area contributed by atoms with Crippen molar-refractivity contribution in [1.29, 1.82) is 0 Å². The summed E-state index contributed by atoms with van der Waals surface area (Å²) in [7, 11) is 0. The van der Waals surface area contributed by atoms with Crippen LogP contribution in [0.25, 0.3) is 76.9 Å². The third kappa shape index (κ3) is 6.16. The molecule has 0 bridgehead atoms. The van der Waals surface area contributed by atoms with Crippen molar-refractivity contribution in [1.82, 2.24) is 0 Å². The summed E-state index contributed by atoms with van der Waals surface area (Å²) < 4.78 is 12.9. The largest absolute Gasteiger partial charge is 0.456 e. The molecule has 0 fully saturated rings. The molecule has 62 heavy (non-hydrogen) atoms. The lowest BCUT2D eigenvalue weighted by molar-refractivity contribution is 0.668. The quantitative estimate of drug-likeness (QED) is 0.153. The van der Waals surface area contributed by atoms with Gasteiger partial charge in [0.1, 0.15) is 22.3 Å². The summed E-state index contributed by atoms with van der Waals surface area (Å²) in [4.78, 5) is 4.67. The van der Waals surface area contributed by atoms with Gasteiger partial charge in [0.25, 0.3) is 0 Å². The van der Waals surface area contributed by atoms with Crippen LogP contribution in [0, 0.1) is 0 Å². The van der Waals surface area contributed by atoms with Crippen molar-refractivity contribution in [2.24, 2.45) is 0 Å². The Morgan fingerprint density at radius 3 is 1.32 bits per heavy atom. The molecule has 292 valence electrons. The number of benzene rings is 10. The van der Waals surface area contributed by atoms with Gasteiger partial charge in [0, 0.05) is 67.5 Å². The minimum atomic E-state index is 0.854. The molecule has 2 heterocycles. The molecule has 0 saturated carbocycles. The molecular weight excluding hydrogens is 757 g/mol. The molecule has 0 saturated heterocycles. The van der Waals surface area contributed by atoms with Crippen LogP contribution in [0.1, 0.15) is 0 Å². The molecule has 0 aliphatic rings. The molecule has 0 amide bonds.